The van der Waals surface area contributed by atoms with E-state index in [1.807, 2.05) is 42.5 Å². The molecule has 2 rings (SSSR count). The van der Waals surface area contributed by atoms with Crippen molar-refractivity contribution in [2.24, 2.45) is 5.73 Å². The molecule has 0 unspecified atom stereocenters. The molecule has 0 radical (unpaired) electrons. The molecule has 2 N–H and O–H groups in total. The summed E-state index contributed by atoms with van der Waals surface area (Å²) in [7, 11) is 0. The number of halogens is 1. The Morgan fingerprint density at radius 2 is 1.31 bits per heavy atom. The van der Waals surface area contributed by atoms with Crippen LogP contribution in [0.25, 0.3) is 11.1 Å². The Hall–Kier alpha value is -1.98. The first-order chi connectivity index (χ1) is 7.77. The van der Waals surface area contributed by atoms with Crippen LogP contribution in [0.2, 0.25) is 5.02 Å². The van der Waals surface area contributed by atoms with E-state index in [0.29, 0.717) is 0 Å². The van der Waals surface area contributed by atoms with Crippen molar-refractivity contribution in [2.45, 2.75) is 0 Å². The maximum Gasteiger partial charge on any atom is 0.173 e. The van der Waals surface area contributed by atoms with E-state index in [0.717, 1.165) is 5.02 Å². The molecule has 2 aromatic rings. The SMILES string of the molecule is Clc1ccc(-c2ccccc2)cc1.N#CN. The fourth-order valence-corrected chi connectivity index (χ4v) is 1.40. The number of rotatable bonds is 1. The van der Waals surface area contributed by atoms with Crippen molar-refractivity contribution in [1.82, 2.24) is 0 Å². The molecule has 2 aromatic carbocycles. The number of hydrogen-bond acceptors (Lipinski definition) is 2. The molecule has 3 heteroatoms. The highest BCUT2D eigenvalue weighted by Crippen LogP contribution is 2.20. The predicted molar refractivity (Wildman–Crippen MR) is 66.7 cm³/mol. The standard InChI is InChI=1S/C12H9Cl.CH2N2/c13-12-8-6-11(7-9-12)10-4-2-1-3-5-10;2-1-3/h1-9H;2H2. The Morgan fingerprint density at radius 1 is 0.875 bits per heavy atom. The van der Waals surface area contributed by atoms with Crippen LogP contribution in [0.1, 0.15) is 0 Å². The molecule has 2 nitrogen and oxygen atoms in total. The summed E-state index contributed by atoms with van der Waals surface area (Å²) in [5, 5.41) is 7.87. The molecule has 0 atom stereocenters. The van der Waals surface area contributed by atoms with Crippen molar-refractivity contribution >= 4 is 11.6 Å². The summed E-state index contributed by atoms with van der Waals surface area (Å²) in [6.45, 7) is 0. The van der Waals surface area contributed by atoms with Gasteiger partial charge in [0.1, 0.15) is 0 Å². The van der Waals surface area contributed by atoms with Crippen molar-refractivity contribution in [3.05, 3.63) is 59.6 Å². The smallest absolute Gasteiger partial charge is 0.173 e. The van der Waals surface area contributed by atoms with Gasteiger partial charge in [0.05, 0.1) is 0 Å². The van der Waals surface area contributed by atoms with Gasteiger partial charge < -0.3 is 5.73 Å². The van der Waals surface area contributed by atoms with Gasteiger partial charge in [0, 0.05) is 5.02 Å². The number of hydrogen-bond donors (Lipinski definition) is 1. The molecule has 0 heterocycles. The molecule has 0 aromatic heterocycles. The molecule has 0 saturated carbocycles. The zero-order chi connectivity index (χ0) is 11.8. The van der Waals surface area contributed by atoms with Gasteiger partial charge in [-0.1, -0.05) is 54.1 Å². The highest BCUT2D eigenvalue weighted by molar-refractivity contribution is 6.30. The first-order valence-electron chi connectivity index (χ1n) is 4.68. The summed E-state index contributed by atoms with van der Waals surface area (Å²) < 4.78 is 0. The molecule has 0 aliphatic carbocycles. The lowest BCUT2D eigenvalue weighted by Gasteiger charge is -2.00. The van der Waals surface area contributed by atoms with Crippen molar-refractivity contribution in [3.63, 3.8) is 0 Å². The van der Waals surface area contributed by atoms with Gasteiger partial charge >= 0.3 is 0 Å². The normalized spacial score (nSPS) is 8.50. The van der Waals surface area contributed by atoms with E-state index < -0.39 is 0 Å². The zero-order valence-corrected chi connectivity index (χ0v) is 9.35. The predicted octanol–water partition coefficient (Wildman–Crippen LogP) is 3.43. The van der Waals surface area contributed by atoms with E-state index in [4.69, 9.17) is 16.9 Å². The second kappa shape index (κ2) is 6.49. The summed E-state index contributed by atoms with van der Waals surface area (Å²) in [4.78, 5) is 0. The van der Waals surface area contributed by atoms with Crippen molar-refractivity contribution in [1.29, 1.82) is 5.26 Å². The summed E-state index contributed by atoms with van der Waals surface area (Å²) >= 11 is 5.80. The molecule has 0 aliphatic heterocycles. The summed E-state index contributed by atoms with van der Waals surface area (Å²) in [6, 6.07) is 18.1. The fraction of sp³-hybridized carbons (Fsp3) is 0. The third-order valence-electron chi connectivity index (χ3n) is 1.95. The van der Waals surface area contributed by atoms with Crippen LogP contribution in [-0.2, 0) is 0 Å². The minimum Gasteiger partial charge on any atom is -0.337 e. The van der Waals surface area contributed by atoms with Gasteiger partial charge in [-0.3, -0.25) is 0 Å². The van der Waals surface area contributed by atoms with Gasteiger partial charge in [-0.15, -0.1) is 0 Å². The van der Waals surface area contributed by atoms with Crippen molar-refractivity contribution in [2.75, 3.05) is 0 Å². The molecular weight excluding hydrogens is 220 g/mol. The average Bonchev–Trinajstić information content (AvgIpc) is 2.32. The van der Waals surface area contributed by atoms with E-state index in [2.05, 4.69) is 17.9 Å². The Morgan fingerprint density at radius 3 is 1.81 bits per heavy atom. The minimum atomic E-state index is 0.777. The lowest BCUT2D eigenvalue weighted by molar-refractivity contribution is 1.45. The highest BCUT2D eigenvalue weighted by Gasteiger charge is 1.94. The number of nitrogens with zero attached hydrogens (tertiary/aromatic N) is 1. The summed E-state index contributed by atoms with van der Waals surface area (Å²) in [6.07, 6.45) is 1.25. The fourth-order valence-electron chi connectivity index (χ4n) is 1.27. The minimum absolute atomic E-state index is 0.777. The van der Waals surface area contributed by atoms with E-state index in [1.165, 1.54) is 17.3 Å². The van der Waals surface area contributed by atoms with Crippen LogP contribution < -0.4 is 5.73 Å². The quantitative estimate of drug-likeness (QED) is 0.603. The third-order valence-corrected chi connectivity index (χ3v) is 2.20. The lowest BCUT2D eigenvalue weighted by atomic mass is 10.1. The Bertz CT molecular complexity index is 458. The van der Waals surface area contributed by atoms with E-state index in [-0.39, 0.29) is 0 Å². The first-order valence-corrected chi connectivity index (χ1v) is 5.06. The third kappa shape index (κ3) is 3.64. The number of benzene rings is 2. The van der Waals surface area contributed by atoms with Crippen molar-refractivity contribution in [3.8, 4) is 17.3 Å². The lowest BCUT2D eigenvalue weighted by Crippen LogP contribution is -1.74. The van der Waals surface area contributed by atoms with Crippen LogP contribution in [0.5, 0.6) is 0 Å². The van der Waals surface area contributed by atoms with E-state index in [9.17, 15) is 0 Å². The second-order valence-electron chi connectivity index (χ2n) is 3.00. The Labute approximate surface area is 99.9 Å². The number of nitrogens with two attached hydrogens (primary N) is 1. The molecule has 0 aliphatic rings. The number of nitriles is 1. The summed E-state index contributed by atoms with van der Waals surface area (Å²) in [5.41, 5.74) is 6.57. The molecule has 0 amide bonds. The molecule has 80 valence electrons. The molecule has 0 saturated heterocycles. The molecule has 16 heavy (non-hydrogen) atoms. The molecular formula is C13H11ClN2. The van der Waals surface area contributed by atoms with Crippen LogP contribution in [0.3, 0.4) is 0 Å². The maximum atomic E-state index is 7.10. The topological polar surface area (TPSA) is 49.8 Å². The van der Waals surface area contributed by atoms with Crippen LogP contribution in [0, 0.1) is 11.5 Å². The average molecular weight is 231 g/mol. The molecule has 0 bridgehead atoms. The van der Waals surface area contributed by atoms with Gasteiger partial charge in [-0.05, 0) is 23.3 Å². The van der Waals surface area contributed by atoms with Gasteiger partial charge in [0.15, 0.2) is 6.19 Å². The van der Waals surface area contributed by atoms with Gasteiger partial charge in [-0.25, -0.2) is 0 Å². The first kappa shape index (κ1) is 12.1. The monoisotopic (exact) mass is 230 g/mol. The second-order valence-corrected chi connectivity index (χ2v) is 3.44. The van der Waals surface area contributed by atoms with Crippen LogP contribution >= 0.6 is 11.6 Å². The zero-order valence-electron chi connectivity index (χ0n) is 8.60. The van der Waals surface area contributed by atoms with Crippen molar-refractivity contribution < 1.29 is 0 Å². The van der Waals surface area contributed by atoms with Gasteiger partial charge in [-0.2, -0.15) is 5.26 Å². The molecule has 0 spiro atoms. The summed E-state index contributed by atoms with van der Waals surface area (Å²) in [5.74, 6) is 0. The van der Waals surface area contributed by atoms with E-state index in [1.54, 1.807) is 0 Å². The van der Waals surface area contributed by atoms with Crippen LogP contribution in [-0.4, -0.2) is 0 Å². The highest BCUT2D eigenvalue weighted by atomic mass is 35.5. The largest absolute Gasteiger partial charge is 0.337 e. The van der Waals surface area contributed by atoms with Crippen LogP contribution in [0.4, 0.5) is 0 Å². The Kier molecular flexibility index (Phi) is 4.91. The Balaban J connectivity index is 0.000000386. The van der Waals surface area contributed by atoms with Gasteiger partial charge in [0.25, 0.3) is 0 Å². The molecule has 0 fully saturated rings. The van der Waals surface area contributed by atoms with E-state index >= 15 is 0 Å². The maximum absolute atomic E-state index is 7.10. The van der Waals surface area contributed by atoms with Gasteiger partial charge in [0.2, 0.25) is 0 Å². The van der Waals surface area contributed by atoms with Crippen LogP contribution in [0.15, 0.2) is 54.6 Å².